The fourth-order valence-corrected chi connectivity index (χ4v) is 3.26. The van der Waals surface area contributed by atoms with Crippen LogP contribution in [0, 0.1) is 6.92 Å². The molecule has 0 radical (unpaired) electrons. The van der Waals surface area contributed by atoms with E-state index in [1.165, 1.54) is 6.07 Å². The number of carbonyl (C=O) groups excluding carboxylic acids is 1. The van der Waals surface area contributed by atoms with E-state index in [-0.39, 0.29) is 11.2 Å². The van der Waals surface area contributed by atoms with E-state index < -0.39 is 5.91 Å². The number of rotatable bonds is 6. The van der Waals surface area contributed by atoms with Gasteiger partial charge < -0.3 is 14.5 Å². The largest absolute Gasteiger partial charge is 0.491 e. The zero-order valence-corrected chi connectivity index (χ0v) is 16.9. The highest BCUT2D eigenvalue weighted by Crippen LogP contribution is 2.30. The van der Waals surface area contributed by atoms with E-state index in [0.29, 0.717) is 34.5 Å². The van der Waals surface area contributed by atoms with E-state index in [1.807, 2.05) is 19.1 Å². The number of benzene rings is 2. The predicted octanol–water partition coefficient (Wildman–Crippen LogP) is 5.08. The molecule has 0 spiro atoms. The van der Waals surface area contributed by atoms with Crippen molar-refractivity contribution in [1.82, 2.24) is 4.98 Å². The Bertz CT molecular complexity index is 1290. The second-order valence-corrected chi connectivity index (χ2v) is 7.14. The van der Waals surface area contributed by atoms with Gasteiger partial charge in [0.05, 0.1) is 17.7 Å². The summed E-state index contributed by atoms with van der Waals surface area (Å²) in [6.07, 6.45) is 3.68. The SMILES string of the molecule is CCCCOc1ccc(NC(=O)c2cc(=O)c3ccc(C)cc3o2)c2cccnc12. The Morgan fingerprint density at radius 3 is 2.83 bits per heavy atom. The number of unbranched alkanes of at least 4 members (excludes halogenated alkanes) is 1. The van der Waals surface area contributed by atoms with Crippen molar-refractivity contribution in [3.05, 3.63) is 76.3 Å². The van der Waals surface area contributed by atoms with E-state index in [1.54, 1.807) is 36.5 Å². The minimum absolute atomic E-state index is 0.0431. The Hall–Kier alpha value is -3.67. The van der Waals surface area contributed by atoms with Gasteiger partial charge >= 0.3 is 0 Å². The molecule has 6 nitrogen and oxygen atoms in total. The Morgan fingerprint density at radius 1 is 1.13 bits per heavy atom. The van der Waals surface area contributed by atoms with Crippen LogP contribution >= 0.6 is 0 Å². The number of anilines is 1. The number of pyridine rings is 1. The lowest BCUT2D eigenvalue weighted by molar-refractivity contribution is 0.0997. The fraction of sp³-hybridized carbons (Fsp3) is 0.208. The Balaban J connectivity index is 1.67. The molecule has 30 heavy (non-hydrogen) atoms. The van der Waals surface area contributed by atoms with Crippen molar-refractivity contribution in [2.75, 3.05) is 11.9 Å². The first-order valence-electron chi connectivity index (χ1n) is 9.93. The van der Waals surface area contributed by atoms with Crippen molar-refractivity contribution in [1.29, 1.82) is 0 Å². The molecule has 0 unspecified atom stereocenters. The second-order valence-electron chi connectivity index (χ2n) is 7.14. The molecular weight excluding hydrogens is 380 g/mol. The fourth-order valence-electron chi connectivity index (χ4n) is 3.26. The summed E-state index contributed by atoms with van der Waals surface area (Å²) < 4.78 is 11.6. The lowest BCUT2D eigenvalue weighted by Crippen LogP contribution is -2.15. The molecule has 0 aliphatic rings. The van der Waals surface area contributed by atoms with E-state index in [2.05, 4.69) is 17.2 Å². The summed E-state index contributed by atoms with van der Waals surface area (Å²) in [7, 11) is 0. The summed E-state index contributed by atoms with van der Waals surface area (Å²) in [4.78, 5) is 29.6. The van der Waals surface area contributed by atoms with Crippen LogP contribution in [0.1, 0.15) is 35.9 Å². The van der Waals surface area contributed by atoms with E-state index >= 15 is 0 Å². The first kappa shape index (κ1) is 19.6. The third-order valence-electron chi connectivity index (χ3n) is 4.84. The normalized spacial score (nSPS) is 11.0. The highest BCUT2D eigenvalue weighted by molar-refractivity contribution is 6.08. The summed E-state index contributed by atoms with van der Waals surface area (Å²) in [6.45, 7) is 4.61. The predicted molar refractivity (Wildman–Crippen MR) is 117 cm³/mol. The summed E-state index contributed by atoms with van der Waals surface area (Å²) in [6, 6.07) is 13.7. The molecular formula is C24H22N2O4. The Kier molecular flexibility index (Phi) is 5.48. The lowest BCUT2D eigenvalue weighted by Gasteiger charge is -2.12. The molecule has 0 saturated heterocycles. The molecule has 1 N–H and O–H groups in total. The number of hydrogen-bond acceptors (Lipinski definition) is 5. The number of aryl methyl sites for hydroxylation is 1. The van der Waals surface area contributed by atoms with Gasteiger partial charge in [-0.3, -0.25) is 14.6 Å². The minimum Gasteiger partial charge on any atom is -0.491 e. The summed E-state index contributed by atoms with van der Waals surface area (Å²) in [5.74, 6) is 0.128. The van der Waals surface area contributed by atoms with Gasteiger partial charge in [-0.25, -0.2) is 0 Å². The van der Waals surface area contributed by atoms with Crippen molar-refractivity contribution in [2.45, 2.75) is 26.7 Å². The third kappa shape index (κ3) is 3.89. The first-order valence-corrected chi connectivity index (χ1v) is 9.93. The van der Waals surface area contributed by atoms with Crippen molar-refractivity contribution < 1.29 is 13.9 Å². The number of carbonyl (C=O) groups is 1. The number of hydrogen-bond donors (Lipinski definition) is 1. The highest BCUT2D eigenvalue weighted by atomic mass is 16.5. The third-order valence-corrected chi connectivity index (χ3v) is 4.84. The molecule has 6 heteroatoms. The van der Waals surface area contributed by atoms with E-state index in [9.17, 15) is 9.59 Å². The molecule has 0 aliphatic carbocycles. The van der Waals surface area contributed by atoms with Crippen LogP contribution in [0.2, 0.25) is 0 Å². The van der Waals surface area contributed by atoms with Gasteiger partial charge in [0.1, 0.15) is 16.8 Å². The first-order chi connectivity index (χ1) is 14.6. The minimum atomic E-state index is -0.500. The molecule has 0 bridgehead atoms. The molecule has 0 aliphatic heterocycles. The molecule has 152 valence electrons. The molecule has 4 aromatic rings. The van der Waals surface area contributed by atoms with Gasteiger partial charge in [-0.05, 0) is 55.3 Å². The maximum Gasteiger partial charge on any atom is 0.291 e. The van der Waals surface area contributed by atoms with Crippen molar-refractivity contribution in [2.24, 2.45) is 0 Å². The van der Waals surface area contributed by atoms with Crippen LogP contribution in [-0.2, 0) is 0 Å². The van der Waals surface area contributed by atoms with Crippen LogP contribution in [0.4, 0.5) is 5.69 Å². The molecule has 2 aromatic carbocycles. The zero-order chi connectivity index (χ0) is 21.1. The zero-order valence-electron chi connectivity index (χ0n) is 16.9. The molecule has 4 rings (SSSR count). The molecule has 2 aromatic heterocycles. The van der Waals surface area contributed by atoms with Gasteiger partial charge in [0.2, 0.25) is 0 Å². The van der Waals surface area contributed by atoms with Crippen LogP contribution in [-0.4, -0.2) is 17.5 Å². The Labute approximate surface area is 173 Å². The van der Waals surface area contributed by atoms with Crippen LogP contribution in [0.5, 0.6) is 5.75 Å². The summed E-state index contributed by atoms with van der Waals surface area (Å²) >= 11 is 0. The maximum atomic E-state index is 12.8. The van der Waals surface area contributed by atoms with Crippen molar-refractivity contribution in [3.63, 3.8) is 0 Å². The lowest BCUT2D eigenvalue weighted by atomic mass is 10.1. The summed E-state index contributed by atoms with van der Waals surface area (Å²) in [5, 5.41) is 4.03. The number of amides is 1. The van der Waals surface area contributed by atoms with Crippen LogP contribution in [0.25, 0.3) is 21.9 Å². The average molecular weight is 402 g/mol. The number of nitrogens with zero attached hydrogens (tertiary/aromatic N) is 1. The second kappa shape index (κ2) is 8.37. The highest BCUT2D eigenvalue weighted by Gasteiger charge is 2.15. The topological polar surface area (TPSA) is 81.4 Å². The average Bonchev–Trinajstić information content (AvgIpc) is 2.75. The molecule has 1 amide bonds. The number of ether oxygens (including phenoxy) is 1. The molecule has 0 saturated carbocycles. The number of aromatic nitrogens is 1. The van der Waals surface area contributed by atoms with Crippen LogP contribution in [0.3, 0.4) is 0 Å². The summed E-state index contributed by atoms with van der Waals surface area (Å²) in [5.41, 5.74) is 2.31. The van der Waals surface area contributed by atoms with Gasteiger partial charge in [-0.2, -0.15) is 0 Å². The van der Waals surface area contributed by atoms with Crippen LogP contribution in [0.15, 0.2) is 63.9 Å². The monoisotopic (exact) mass is 402 g/mol. The standard InChI is InChI=1S/C24H22N2O4/c1-3-4-12-29-20-10-9-18(16-6-5-11-25-23(16)20)26-24(28)22-14-19(27)17-8-7-15(2)13-21(17)30-22/h5-11,13-14H,3-4,12H2,1-2H3,(H,26,28). The van der Waals surface area contributed by atoms with E-state index in [4.69, 9.17) is 9.15 Å². The van der Waals surface area contributed by atoms with Crippen LogP contribution < -0.4 is 15.5 Å². The van der Waals surface area contributed by atoms with E-state index in [0.717, 1.165) is 23.8 Å². The van der Waals surface area contributed by atoms with Gasteiger partial charge in [-0.15, -0.1) is 0 Å². The van der Waals surface area contributed by atoms with Gasteiger partial charge in [0, 0.05) is 17.6 Å². The molecule has 2 heterocycles. The maximum absolute atomic E-state index is 12.8. The number of fused-ring (bicyclic) bond motifs is 2. The molecule has 0 fully saturated rings. The van der Waals surface area contributed by atoms with Gasteiger partial charge in [0.25, 0.3) is 5.91 Å². The van der Waals surface area contributed by atoms with Gasteiger partial charge in [-0.1, -0.05) is 19.4 Å². The van der Waals surface area contributed by atoms with Crippen molar-refractivity contribution in [3.8, 4) is 5.75 Å². The quantitative estimate of drug-likeness (QED) is 0.455. The van der Waals surface area contributed by atoms with Crippen molar-refractivity contribution >= 4 is 33.5 Å². The number of nitrogens with one attached hydrogen (secondary N) is 1. The smallest absolute Gasteiger partial charge is 0.291 e. The van der Waals surface area contributed by atoms with Gasteiger partial charge in [0.15, 0.2) is 11.2 Å². The Morgan fingerprint density at radius 2 is 2.00 bits per heavy atom. The molecule has 0 atom stereocenters.